The van der Waals surface area contributed by atoms with E-state index in [0.29, 0.717) is 25.1 Å². The van der Waals surface area contributed by atoms with E-state index >= 15 is 0 Å². The number of sulfonamides is 1. The molecule has 0 saturated carbocycles. The van der Waals surface area contributed by atoms with Crippen LogP contribution in [-0.2, 0) is 26.0 Å². The Balaban J connectivity index is 1.97. The van der Waals surface area contributed by atoms with Gasteiger partial charge in [0.05, 0.1) is 10.6 Å². The van der Waals surface area contributed by atoms with Gasteiger partial charge in [-0.1, -0.05) is 80.1 Å². The van der Waals surface area contributed by atoms with Gasteiger partial charge in [0.25, 0.3) is 10.0 Å². The monoisotopic (exact) mass is 535 g/mol. The first-order valence-electron chi connectivity index (χ1n) is 13.0. The number of anilines is 1. The van der Waals surface area contributed by atoms with Crippen molar-refractivity contribution in [3.05, 3.63) is 96.1 Å². The van der Waals surface area contributed by atoms with E-state index < -0.39 is 28.5 Å². The largest absolute Gasteiger partial charge is 0.354 e. The molecule has 202 valence electrons. The number of carbonyl (C=O) groups is 2. The number of benzene rings is 3. The summed E-state index contributed by atoms with van der Waals surface area (Å²) in [6, 6.07) is 24.1. The summed E-state index contributed by atoms with van der Waals surface area (Å²) in [6.45, 7) is 6.11. The first-order chi connectivity index (χ1) is 18.3. The zero-order valence-corrected chi connectivity index (χ0v) is 23.2. The van der Waals surface area contributed by atoms with Gasteiger partial charge in [-0.25, -0.2) is 8.42 Å². The SMILES string of the molecule is CCCNC(=O)[C@H](CC)N(CCc1ccccc1)C(=O)CN(c1ccc(C)cc1)S(=O)(=O)c1ccccc1. The Morgan fingerprint density at radius 2 is 1.47 bits per heavy atom. The van der Waals surface area contributed by atoms with Crippen molar-refractivity contribution in [1.82, 2.24) is 10.2 Å². The van der Waals surface area contributed by atoms with Crippen molar-refractivity contribution in [2.24, 2.45) is 0 Å². The van der Waals surface area contributed by atoms with Crippen molar-refractivity contribution in [1.29, 1.82) is 0 Å². The Hall–Kier alpha value is -3.65. The van der Waals surface area contributed by atoms with E-state index in [2.05, 4.69) is 5.32 Å². The second-order valence-electron chi connectivity index (χ2n) is 9.20. The zero-order chi connectivity index (χ0) is 27.5. The van der Waals surface area contributed by atoms with Crippen LogP contribution >= 0.6 is 0 Å². The van der Waals surface area contributed by atoms with E-state index in [1.54, 1.807) is 30.3 Å². The number of aryl methyl sites for hydroxylation is 1. The molecule has 0 heterocycles. The summed E-state index contributed by atoms with van der Waals surface area (Å²) in [5.41, 5.74) is 2.39. The maximum Gasteiger partial charge on any atom is 0.264 e. The molecular formula is C30H37N3O4S. The fourth-order valence-electron chi connectivity index (χ4n) is 4.22. The van der Waals surface area contributed by atoms with Crippen LogP contribution < -0.4 is 9.62 Å². The van der Waals surface area contributed by atoms with Gasteiger partial charge in [0, 0.05) is 13.1 Å². The molecule has 0 aliphatic carbocycles. The predicted octanol–water partition coefficient (Wildman–Crippen LogP) is 4.57. The van der Waals surface area contributed by atoms with E-state index in [-0.39, 0.29) is 17.3 Å². The molecule has 3 aromatic rings. The molecular weight excluding hydrogens is 498 g/mol. The predicted molar refractivity (Wildman–Crippen MR) is 151 cm³/mol. The maximum absolute atomic E-state index is 13.9. The summed E-state index contributed by atoms with van der Waals surface area (Å²) in [7, 11) is -4.04. The third kappa shape index (κ3) is 7.44. The van der Waals surface area contributed by atoms with E-state index in [9.17, 15) is 18.0 Å². The van der Waals surface area contributed by atoms with Crippen LogP contribution in [0.3, 0.4) is 0 Å². The van der Waals surface area contributed by atoms with Gasteiger partial charge < -0.3 is 10.2 Å². The third-order valence-electron chi connectivity index (χ3n) is 6.35. The van der Waals surface area contributed by atoms with Gasteiger partial charge in [-0.3, -0.25) is 13.9 Å². The average molecular weight is 536 g/mol. The minimum Gasteiger partial charge on any atom is -0.354 e. The van der Waals surface area contributed by atoms with Gasteiger partial charge in [0.2, 0.25) is 11.8 Å². The number of hydrogen-bond acceptors (Lipinski definition) is 4. The second-order valence-corrected chi connectivity index (χ2v) is 11.1. The molecule has 0 aliphatic rings. The summed E-state index contributed by atoms with van der Waals surface area (Å²) in [5.74, 6) is -0.664. The molecule has 2 amide bonds. The Morgan fingerprint density at radius 1 is 0.868 bits per heavy atom. The van der Waals surface area contributed by atoms with E-state index in [1.165, 1.54) is 17.0 Å². The Bertz CT molecular complexity index is 1280. The topological polar surface area (TPSA) is 86.8 Å². The number of amides is 2. The Morgan fingerprint density at radius 3 is 2.05 bits per heavy atom. The normalized spacial score (nSPS) is 12.0. The number of hydrogen-bond donors (Lipinski definition) is 1. The van der Waals surface area contributed by atoms with Crippen LogP contribution in [0.4, 0.5) is 5.69 Å². The summed E-state index contributed by atoms with van der Waals surface area (Å²) >= 11 is 0. The van der Waals surface area contributed by atoms with Crippen LogP contribution in [0.5, 0.6) is 0 Å². The maximum atomic E-state index is 13.9. The quantitative estimate of drug-likeness (QED) is 0.348. The molecule has 0 bridgehead atoms. The lowest BCUT2D eigenvalue weighted by molar-refractivity contribution is -0.139. The van der Waals surface area contributed by atoms with Crippen molar-refractivity contribution in [3.63, 3.8) is 0 Å². The number of carbonyl (C=O) groups excluding carboxylic acids is 2. The molecule has 1 N–H and O–H groups in total. The van der Waals surface area contributed by atoms with Gasteiger partial charge in [-0.2, -0.15) is 0 Å². The molecule has 0 spiro atoms. The molecule has 0 radical (unpaired) electrons. The van der Waals surface area contributed by atoms with Gasteiger partial charge in [0.15, 0.2) is 0 Å². The van der Waals surface area contributed by atoms with Crippen LogP contribution in [0.15, 0.2) is 89.8 Å². The van der Waals surface area contributed by atoms with Gasteiger partial charge in [-0.05, 0) is 56.0 Å². The van der Waals surface area contributed by atoms with E-state index in [4.69, 9.17) is 0 Å². The third-order valence-corrected chi connectivity index (χ3v) is 8.14. The minimum absolute atomic E-state index is 0.0944. The molecule has 0 aromatic heterocycles. The highest BCUT2D eigenvalue weighted by Crippen LogP contribution is 2.25. The lowest BCUT2D eigenvalue weighted by atomic mass is 10.1. The van der Waals surface area contributed by atoms with E-state index in [1.807, 2.05) is 63.2 Å². The molecule has 3 aromatic carbocycles. The van der Waals surface area contributed by atoms with Gasteiger partial charge in [0.1, 0.15) is 12.6 Å². The smallest absolute Gasteiger partial charge is 0.264 e. The highest BCUT2D eigenvalue weighted by Gasteiger charge is 2.33. The molecule has 3 rings (SSSR count). The summed E-state index contributed by atoms with van der Waals surface area (Å²) in [4.78, 5) is 28.6. The number of rotatable bonds is 13. The summed E-state index contributed by atoms with van der Waals surface area (Å²) < 4.78 is 28.6. The number of nitrogens with one attached hydrogen (secondary N) is 1. The lowest BCUT2D eigenvalue weighted by Gasteiger charge is -2.33. The Kier molecular flexibility index (Phi) is 10.5. The van der Waals surface area contributed by atoms with Gasteiger partial charge >= 0.3 is 0 Å². The fraction of sp³-hybridized carbons (Fsp3) is 0.333. The molecule has 1 atom stereocenters. The van der Waals surface area contributed by atoms with Crippen LogP contribution in [0.1, 0.15) is 37.8 Å². The minimum atomic E-state index is -4.04. The molecule has 38 heavy (non-hydrogen) atoms. The van der Waals surface area contributed by atoms with Crippen molar-refractivity contribution >= 4 is 27.5 Å². The summed E-state index contributed by atoms with van der Waals surface area (Å²) in [5, 5.41) is 2.90. The molecule has 8 heteroatoms. The molecule has 0 saturated heterocycles. The first kappa shape index (κ1) is 28.9. The van der Waals surface area contributed by atoms with Crippen LogP contribution in [0.2, 0.25) is 0 Å². The standard InChI is InChI=1S/C30H37N3O4S/c1-4-21-31-30(35)28(5-2)32(22-20-25-12-8-6-9-13-25)29(34)23-33(26-18-16-24(3)17-19-26)38(36,37)27-14-10-7-11-15-27/h6-19,28H,4-5,20-23H2,1-3H3,(H,31,35)/t28-/m0/s1. The van der Waals surface area contributed by atoms with Crippen LogP contribution in [0, 0.1) is 6.92 Å². The lowest BCUT2D eigenvalue weighted by Crippen LogP contribution is -2.53. The molecule has 0 fully saturated rings. The average Bonchev–Trinajstić information content (AvgIpc) is 2.94. The Labute approximate surface area is 226 Å². The van der Waals surface area contributed by atoms with Crippen LogP contribution in [-0.4, -0.2) is 50.8 Å². The number of nitrogens with zero attached hydrogens (tertiary/aromatic N) is 2. The van der Waals surface area contributed by atoms with Crippen molar-refractivity contribution in [3.8, 4) is 0 Å². The molecule has 0 aliphatic heterocycles. The fourth-order valence-corrected chi connectivity index (χ4v) is 5.66. The zero-order valence-electron chi connectivity index (χ0n) is 22.3. The van der Waals surface area contributed by atoms with Crippen LogP contribution in [0.25, 0.3) is 0 Å². The van der Waals surface area contributed by atoms with Crippen molar-refractivity contribution < 1.29 is 18.0 Å². The molecule has 0 unspecified atom stereocenters. The first-order valence-corrected chi connectivity index (χ1v) is 14.5. The highest BCUT2D eigenvalue weighted by molar-refractivity contribution is 7.92. The van der Waals surface area contributed by atoms with Crippen molar-refractivity contribution in [2.45, 2.75) is 51.0 Å². The van der Waals surface area contributed by atoms with E-state index in [0.717, 1.165) is 21.9 Å². The highest BCUT2D eigenvalue weighted by atomic mass is 32.2. The molecule has 7 nitrogen and oxygen atoms in total. The second kappa shape index (κ2) is 13.8. The van der Waals surface area contributed by atoms with Crippen molar-refractivity contribution in [2.75, 3.05) is 23.9 Å². The summed E-state index contributed by atoms with van der Waals surface area (Å²) in [6.07, 6.45) is 1.73. The van der Waals surface area contributed by atoms with Gasteiger partial charge in [-0.15, -0.1) is 0 Å².